The molecule has 8 heteroatoms. The van der Waals surface area contributed by atoms with Gasteiger partial charge in [-0.1, -0.05) is 12.1 Å². The highest BCUT2D eigenvalue weighted by molar-refractivity contribution is 5.98. The SMILES string of the molecule is COC(=O)c1ccc(-c2ccc(F)cc2CN(C)C(=O)c2cc3ccc(F)cc3[nH]2)cc1F. The summed E-state index contributed by atoms with van der Waals surface area (Å²) < 4.78 is 46.5. The molecule has 0 saturated carbocycles. The Kier molecular flexibility index (Phi) is 5.91. The second-order valence-electron chi connectivity index (χ2n) is 7.56. The van der Waals surface area contributed by atoms with E-state index >= 15 is 0 Å². The summed E-state index contributed by atoms with van der Waals surface area (Å²) in [5.74, 6) is -2.89. The van der Waals surface area contributed by atoms with Gasteiger partial charge in [-0.05, 0) is 65.2 Å². The molecule has 0 aliphatic heterocycles. The molecular weight excluding hydrogens is 433 g/mol. The molecule has 4 rings (SSSR count). The third-order valence-electron chi connectivity index (χ3n) is 5.32. The van der Waals surface area contributed by atoms with Crippen molar-refractivity contribution in [1.82, 2.24) is 9.88 Å². The van der Waals surface area contributed by atoms with Gasteiger partial charge in [-0.3, -0.25) is 4.79 Å². The minimum Gasteiger partial charge on any atom is -0.465 e. The topological polar surface area (TPSA) is 62.4 Å². The van der Waals surface area contributed by atoms with E-state index in [0.717, 1.165) is 13.2 Å². The van der Waals surface area contributed by atoms with Crippen LogP contribution in [0.15, 0.2) is 60.7 Å². The number of rotatable bonds is 5. The largest absolute Gasteiger partial charge is 0.465 e. The van der Waals surface area contributed by atoms with Crippen LogP contribution in [0, 0.1) is 17.5 Å². The maximum Gasteiger partial charge on any atom is 0.340 e. The average molecular weight is 452 g/mol. The number of H-pyrrole nitrogens is 1. The highest BCUT2D eigenvalue weighted by Crippen LogP contribution is 2.28. The van der Waals surface area contributed by atoms with Gasteiger partial charge >= 0.3 is 5.97 Å². The summed E-state index contributed by atoms with van der Waals surface area (Å²) in [6.45, 7) is 0.0238. The Morgan fingerprint density at radius 2 is 1.67 bits per heavy atom. The van der Waals surface area contributed by atoms with Gasteiger partial charge in [0.1, 0.15) is 23.1 Å². The van der Waals surface area contributed by atoms with Crippen molar-refractivity contribution in [2.45, 2.75) is 6.54 Å². The van der Waals surface area contributed by atoms with Crippen molar-refractivity contribution in [2.24, 2.45) is 0 Å². The fraction of sp³-hybridized carbons (Fsp3) is 0.120. The number of benzene rings is 3. The van der Waals surface area contributed by atoms with Crippen LogP contribution in [-0.4, -0.2) is 35.9 Å². The van der Waals surface area contributed by atoms with Crippen LogP contribution in [0.1, 0.15) is 26.4 Å². The number of aromatic nitrogens is 1. The first-order valence-electron chi connectivity index (χ1n) is 9.97. The van der Waals surface area contributed by atoms with Crippen molar-refractivity contribution in [3.63, 3.8) is 0 Å². The summed E-state index contributed by atoms with van der Waals surface area (Å²) >= 11 is 0. The molecule has 3 aromatic carbocycles. The van der Waals surface area contributed by atoms with Gasteiger partial charge in [0.15, 0.2) is 0 Å². The zero-order valence-corrected chi connectivity index (χ0v) is 17.8. The summed E-state index contributed by atoms with van der Waals surface area (Å²) in [5, 5.41) is 0.681. The maximum absolute atomic E-state index is 14.5. The number of nitrogens with zero attached hydrogens (tertiary/aromatic N) is 1. The fourth-order valence-corrected chi connectivity index (χ4v) is 3.68. The smallest absolute Gasteiger partial charge is 0.340 e. The maximum atomic E-state index is 14.5. The summed E-state index contributed by atoms with van der Waals surface area (Å²) in [6.07, 6.45) is 0. The summed E-state index contributed by atoms with van der Waals surface area (Å²) in [4.78, 5) is 28.9. The van der Waals surface area contributed by atoms with Crippen LogP contribution in [0.2, 0.25) is 0 Å². The van der Waals surface area contributed by atoms with E-state index in [2.05, 4.69) is 9.72 Å². The van der Waals surface area contributed by atoms with Crippen LogP contribution >= 0.6 is 0 Å². The van der Waals surface area contributed by atoms with E-state index in [-0.39, 0.29) is 23.7 Å². The Morgan fingerprint density at radius 1 is 0.939 bits per heavy atom. The summed E-state index contributed by atoms with van der Waals surface area (Å²) in [7, 11) is 2.70. The van der Waals surface area contributed by atoms with E-state index in [1.54, 1.807) is 19.2 Å². The van der Waals surface area contributed by atoms with E-state index in [9.17, 15) is 22.8 Å². The van der Waals surface area contributed by atoms with E-state index < -0.39 is 23.4 Å². The Bertz CT molecular complexity index is 1380. The minimum atomic E-state index is -0.804. The lowest BCUT2D eigenvalue weighted by molar-refractivity contribution is 0.0595. The van der Waals surface area contributed by atoms with Gasteiger partial charge in [-0.2, -0.15) is 0 Å². The molecule has 1 aromatic heterocycles. The van der Waals surface area contributed by atoms with E-state index in [1.807, 2.05) is 0 Å². The first kappa shape index (κ1) is 22.1. The first-order valence-corrected chi connectivity index (χ1v) is 9.97. The normalized spacial score (nSPS) is 10.9. The number of carbonyl (C=O) groups is 2. The minimum absolute atomic E-state index is 0.0238. The molecule has 0 fully saturated rings. The number of hydrogen-bond donors (Lipinski definition) is 1. The third kappa shape index (κ3) is 4.45. The van der Waals surface area contributed by atoms with Crippen LogP contribution in [0.4, 0.5) is 13.2 Å². The fourth-order valence-electron chi connectivity index (χ4n) is 3.68. The Morgan fingerprint density at radius 3 is 2.39 bits per heavy atom. The zero-order valence-electron chi connectivity index (χ0n) is 17.8. The molecule has 1 N–H and O–H groups in total. The predicted octanol–water partition coefficient (Wildman–Crippen LogP) is 5.31. The predicted molar refractivity (Wildman–Crippen MR) is 117 cm³/mol. The Balaban J connectivity index is 1.64. The van der Waals surface area contributed by atoms with Crippen LogP contribution in [0.25, 0.3) is 22.0 Å². The van der Waals surface area contributed by atoms with Gasteiger partial charge in [0.25, 0.3) is 5.91 Å². The van der Waals surface area contributed by atoms with Gasteiger partial charge in [0.05, 0.1) is 12.7 Å². The van der Waals surface area contributed by atoms with Gasteiger partial charge < -0.3 is 14.6 Å². The highest BCUT2D eigenvalue weighted by atomic mass is 19.1. The van der Waals surface area contributed by atoms with Gasteiger partial charge in [0, 0.05) is 24.5 Å². The van der Waals surface area contributed by atoms with Gasteiger partial charge in [-0.25, -0.2) is 18.0 Å². The quantitative estimate of drug-likeness (QED) is 0.418. The number of hydrogen-bond acceptors (Lipinski definition) is 3. The second-order valence-corrected chi connectivity index (χ2v) is 7.56. The number of fused-ring (bicyclic) bond motifs is 1. The molecule has 0 aliphatic rings. The zero-order chi connectivity index (χ0) is 23.7. The third-order valence-corrected chi connectivity index (χ3v) is 5.32. The van der Waals surface area contributed by atoms with Gasteiger partial charge in [-0.15, -0.1) is 0 Å². The molecule has 0 atom stereocenters. The molecule has 168 valence electrons. The van der Waals surface area contributed by atoms with E-state index in [4.69, 9.17) is 0 Å². The standard InChI is InChI=1S/C25H19F3N2O3/c1-30(24(31)23-11-15-3-5-18(27)12-22(15)29-23)13-16-9-17(26)6-8-19(16)14-4-7-20(21(28)10-14)25(32)33-2/h3-12,29H,13H2,1-2H3. The second kappa shape index (κ2) is 8.82. The summed E-state index contributed by atoms with van der Waals surface area (Å²) in [5.41, 5.74) is 1.89. The molecule has 0 unspecified atom stereocenters. The molecule has 0 spiro atoms. The molecule has 1 amide bonds. The molecule has 5 nitrogen and oxygen atoms in total. The molecule has 0 bridgehead atoms. The number of methoxy groups -OCH3 is 1. The first-order chi connectivity index (χ1) is 15.8. The number of amides is 1. The van der Waals surface area contributed by atoms with Crippen LogP contribution in [-0.2, 0) is 11.3 Å². The highest BCUT2D eigenvalue weighted by Gasteiger charge is 2.19. The molecule has 0 saturated heterocycles. The van der Waals surface area contributed by atoms with Crippen LogP contribution < -0.4 is 0 Å². The molecule has 0 aliphatic carbocycles. The van der Waals surface area contributed by atoms with Crippen molar-refractivity contribution in [1.29, 1.82) is 0 Å². The number of esters is 1. The molecule has 4 aromatic rings. The van der Waals surface area contributed by atoms with Crippen molar-refractivity contribution in [3.8, 4) is 11.1 Å². The Hall–Kier alpha value is -4.07. The van der Waals surface area contributed by atoms with Crippen LogP contribution in [0.3, 0.4) is 0 Å². The lowest BCUT2D eigenvalue weighted by Gasteiger charge is -2.19. The lowest BCUT2D eigenvalue weighted by Crippen LogP contribution is -2.26. The van der Waals surface area contributed by atoms with Crippen LogP contribution in [0.5, 0.6) is 0 Å². The van der Waals surface area contributed by atoms with E-state index in [1.165, 1.54) is 47.4 Å². The number of nitrogens with one attached hydrogen (secondary N) is 1. The molecule has 0 radical (unpaired) electrons. The average Bonchev–Trinajstić information content (AvgIpc) is 3.21. The summed E-state index contributed by atoms with van der Waals surface area (Å²) in [6, 6.07) is 13.8. The number of aromatic amines is 1. The molecule has 1 heterocycles. The number of ether oxygens (including phenoxy) is 1. The Labute approximate surface area is 187 Å². The van der Waals surface area contributed by atoms with Crippen molar-refractivity contribution < 1.29 is 27.5 Å². The van der Waals surface area contributed by atoms with Crippen molar-refractivity contribution in [2.75, 3.05) is 14.2 Å². The van der Waals surface area contributed by atoms with Gasteiger partial charge in [0.2, 0.25) is 0 Å². The molecular formula is C25H19F3N2O3. The van der Waals surface area contributed by atoms with E-state index in [0.29, 0.717) is 27.6 Å². The lowest BCUT2D eigenvalue weighted by atomic mass is 9.97. The molecule has 33 heavy (non-hydrogen) atoms. The number of halogens is 3. The van der Waals surface area contributed by atoms with Crippen molar-refractivity contribution in [3.05, 3.63) is 94.9 Å². The monoisotopic (exact) mass is 452 g/mol. The van der Waals surface area contributed by atoms with Crippen molar-refractivity contribution >= 4 is 22.8 Å². The number of carbonyl (C=O) groups excluding carboxylic acids is 2.